The van der Waals surface area contributed by atoms with E-state index in [0.717, 1.165) is 17.9 Å². The third kappa shape index (κ3) is 1.50. The summed E-state index contributed by atoms with van der Waals surface area (Å²) in [7, 11) is 1.99. The predicted molar refractivity (Wildman–Crippen MR) is 48.1 cm³/mol. The first-order valence-electron chi connectivity index (χ1n) is 4.32. The van der Waals surface area contributed by atoms with Crippen molar-refractivity contribution >= 4 is 0 Å². The second-order valence-electron chi connectivity index (χ2n) is 2.95. The van der Waals surface area contributed by atoms with E-state index in [1.807, 2.05) is 7.05 Å². The fourth-order valence-corrected chi connectivity index (χ4v) is 1.36. The van der Waals surface area contributed by atoms with Gasteiger partial charge in [-0.3, -0.25) is 0 Å². The second kappa shape index (κ2) is 3.72. The van der Waals surface area contributed by atoms with Crippen LogP contribution in [0.15, 0.2) is 0 Å². The molecule has 0 saturated heterocycles. The molecule has 68 valence electrons. The van der Waals surface area contributed by atoms with E-state index >= 15 is 0 Å². The zero-order valence-electron chi connectivity index (χ0n) is 7.96. The van der Waals surface area contributed by atoms with Crippen molar-refractivity contribution in [2.45, 2.75) is 26.7 Å². The van der Waals surface area contributed by atoms with Gasteiger partial charge in [0.1, 0.15) is 5.82 Å². The van der Waals surface area contributed by atoms with E-state index in [-0.39, 0.29) is 6.61 Å². The average Bonchev–Trinajstić information content (AvgIpc) is 2.33. The SMILES string of the molecule is CCc1nc(CCO)n(C)c1C. The maximum atomic E-state index is 8.76. The van der Waals surface area contributed by atoms with E-state index in [1.165, 1.54) is 5.69 Å². The predicted octanol–water partition coefficient (Wildman–Crippen LogP) is 0.826. The largest absolute Gasteiger partial charge is 0.396 e. The van der Waals surface area contributed by atoms with E-state index in [9.17, 15) is 0 Å². The van der Waals surface area contributed by atoms with Crippen molar-refractivity contribution in [2.24, 2.45) is 7.05 Å². The molecule has 0 amide bonds. The first kappa shape index (κ1) is 9.26. The number of imidazole rings is 1. The van der Waals surface area contributed by atoms with Gasteiger partial charge in [0.2, 0.25) is 0 Å². The highest BCUT2D eigenvalue weighted by atomic mass is 16.3. The third-order valence-corrected chi connectivity index (χ3v) is 2.24. The summed E-state index contributed by atoms with van der Waals surface area (Å²) in [5.41, 5.74) is 2.35. The normalized spacial score (nSPS) is 10.7. The Balaban J connectivity index is 2.98. The Morgan fingerprint density at radius 1 is 1.50 bits per heavy atom. The van der Waals surface area contributed by atoms with Gasteiger partial charge in [-0.25, -0.2) is 4.98 Å². The molecular formula is C9H16N2O. The second-order valence-corrected chi connectivity index (χ2v) is 2.95. The number of aromatic nitrogens is 2. The van der Waals surface area contributed by atoms with Gasteiger partial charge in [0.25, 0.3) is 0 Å². The van der Waals surface area contributed by atoms with Gasteiger partial charge >= 0.3 is 0 Å². The van der Waals surface area contributed by atoms with Crippen LogP contribution in [-0.4, -0.2) is 21.3 Å². The minimum absolute atomic E-state index is 0.174. The van der Waals surface area contributed by atoms with Crippen LogP contribution in [0, 0.1) is 6.92 Å². The first-order valence-corrected chi connectivity index (χ1v) is 4.32. The molecule has 1 N–H and O–H groups in total. The van der Waals surface area contributed by atoms with E-state index in [0.29, 0.717) is 6.42 Å². The van der Waals surface area contributed by atoms with Crippen molar-refractivity contribution in [3.05, 3.63) is 17.2 Å². The number of aliphatic hydroxyl groups is 1. The number of hydrogen-bond acceptors (Lipinski definition) is 2. The van der Waals surface area contributed by atoms with Crippen LogP contribution in [0.1, 0.15) is 24.1 Å². The molecule has 3 heteroatoms. The van der Waals surface area contributed by atoms with Crippen molar-refractivity contribution < 1.29 is 5.11 Å². The zero-order chi connectivity index (χ0) is 9.14. The van der Waals surface area contributed by atoms with Gasteiger partial charge in [-0.15, -0.1) is 0 Å². The monoisotopic (exact) mass is 168 g/mol. The summed E-state index contributed by atoms with van der Waals surface area (Å²) in [6.07, 6.45) is 1.61. The summed E-state index contributed by atoms with van der Waals surface area (Å²) in [6, 6.07) is 0. The molecule has 0 saturated carbocycles. The highest BCUT2D eigenvalue weighted by molar-refractivity contribution is 5.15. The fraction of sp³-hybridized carbons (Fsp3) is 0.667. The average molecular weight is 168 g/mol. The van der Waals surface area contributed by atoms with Crippen LogP contribution in [0.25, 0.3) is 0 Å². The Morgan fingerprint density at radius 2 is 2.17 bits per heavy atom. The number of nitrogens with zero attached hydrogens (tertiary/aromatic N) is 2. The Kier molecular flexibility index (Phi) is 2.87. The van der Waals surface area contributed by atoms with Crippen molar-refractivity contribution in [1.29, 1.82) is 0 Å². The lowest BCUT2D eigenvalue weighted by Gasteiger charge is -1.99. The van der Waals surface area contributed by atoms with Gasteiger partial charge in [-0.05, 0) is 13.3 Å². The lowest BCUT2D eigenvalue weighted by molar-refractivity contribution is 0.295. The maximum Gasteiger partial charge on any atom is 0.111 e. The zero-order valence-corrected chi connectivity index (χ0v) is 7.96. The van der Waals surface area contributed by atoms with Crippen LogP contribution in [0.2, 0.25) is 0 Å². The molecule has 0 spiro atoms. The van der Waals surface area contributed by atoms with Crippen LogP contribution in [0.3, 0.4) is 0 Å². The Hall–Kier alpha value is -0.830. The van der Waals surface area contributed by atoms with Crippen LogP contribution in [0.4, 0.5) is 0 Å². The molecule has 0 bridgehead atoms. The molecule has 0 aliphatic heterocycles. The Labute approximate surface area is 73.1 Å². The lowest BCUT2D eigenvalue weighted by Crippen LogP contribution is -2.01. The molecule has 0 radical (unpaired) electrons. The van der Waals surface area contributed by atoms with Gasteiger partial charge in [0.15, 0.2) is 0 Å². The number of aliphatic hydroxyl groups excluding tert-OH is 1. The molecule has 3 nitrogen and oxygen atoms in total. The molecule has 0 atom stereocenters. The summed E-state index contributed by atoms with van der Waals surface area (Å²) >= 11 is 0. The van der Waals surface area contributed by atoms with Crippen LogP contribution >= 0.6 is 0 Å². The molecule has 1 aromatic heterocycles. The summed E-state index contributed by atoms with van der Waals surface area (Å²) in [4.78, 5) is 4.42. The molecular weight excluding hydrogens is 152 g/mol. The number of aryl methyl sites for hydroxylation is 1. The summed E-state index contributed by atoms with van der Waals surface area (Å²) in [5.74, 6) is 0.979. The van der Waals surface area contributed by atoms with Gasteiger partial charge < -0.3 is 9.67 Å². The van der Waals surface area contributed by atoms with Crippen molar-refractivity contribution in [1.82, 2.24) is 9.55 Å². The van der Waals surface area contributed by atoms with Crippen LogP contribution in [0.5, 0.6) is 0 Å². The van der Waals surface area contributed by atoms with E-state index in [2.05, 4.69) is 23.4 Å². The van der Waals surface area contributed by atoms with Gasteiger partial charge in [0, 0.05) is 19.2 Å². The van der Waals surface area contributed by atoms with Crippen LogP contribution in [-0.2, 0) is 19.9 Å². The molecule has 0 aromatic carbocycles. The molecule has 0 unspecified atom stereocenters. The molecule has 0 fully saturated rings. The molecule has 0 aliphatic rings. The topological polar surface area (TPSA) is 38.1 Å². The van der Waals surface area contributed by atoms with Gasteiger partial charge in [-0.2, -0.15) is 0 Å². The van der Waals surface area contributed by atoms with Gasteiger partial charge in [0.05, 0.1) is 12.3 Å². The van der Waals surface area contributed by atoms with Crippen molar-refractivity contribution in [2.75, 3.05) is 6.61 Å². The number of hydrogen-bond donors (Lipinski definition) is 1. The van der Waals surface area contributed by atoms with Crippen molar-refractivity contribution in [3.63, 3.8) is 0 Å². The summed E-state index contributed by atoms with van der Waals surface area (Å²) < 4.78 is 2.05. The maximum absolute atomic E-state index is 8.76. The first-order chi connectivity index (χ1) is 5.70. The van der Waals surface area contributed by atoms with E-state index in [4.69, 9.17) is 5.11 Å². The Morgan fingerprint density at radius 3 is 2.58 bits per heavy atom. The highest BCUT2D eigenvalue weighted by Crippen LogP contribution is 2.09. The molecule has 12 heavy (non-hydrogen) atoms. The molecule has 1 aromatic rings. The minimum Gasteiger partial charge on any atom is -0.396 e. The Bertz CT molecular complexity index is 266. The summed E-state index contributed by atoms with van der Waals surface area (Å²) in [6.45, 7) is 4.33. The minimum atomic E-state index is 0.174. The quantitative estimate of drug-likeness (QED) is 0.725. The lowest BCUT2D eigenvalue weighted by atomic mass is 10.3. The van der Waals surface area contributed by atoms with Gasteiger partial charge in [-0.1, -0.05) is 6.92 Å². The fourth-order valence-electron chi connectivity index (χ4n) is 1.36. The highest BCUT2D eigenvalue weighted by Gasteiger charge is 2.07. The smallest absolute Gasteiger partial charge is 0.111 e. The summed E-state index contributed by atoms with van der Waals surface area (Å²) in [5, 5.41) is 8.76. The van der Waals surface area contributed by atoms with Crippen LogP contribution < -0.4 is 0 Å². The van der Waals surface area contributed by atoms with E-state index < -0.39 is 0 Å². The third-order valence-electron chi connectivity index (χ3n) is 2.24. The molecule has 1 rings (SSSR count). The standard InChI is InChI=1S/C9H16N2O/c1-4-8-7(2)11(3)9(10-8)5-6-12/h12H,4-6H2,1-3H3. The number of rotatable bonds is 3. The molecule has 1 heterocycles. The van der Waals surface area contributed by atoms with Crippen molar-refractivity contribution in [3.8, 4) is 0 Å². The van der Waals surface area contributed by atoms with E-state index in [1.54, 1.807) is 0 Å². The molecule has 0 aliphatic carbocycles.